The highest BCUT2D eigenvalue weighted by molar-refractivity contribution is 5.99. The molecule has 0 saturated heterocycles. The van der Waals surface area contributed by atoms with E-state index in [0.29, 0.717) is 11.1 Å². The van der Waals surface area contributed by atoms with E-state index in [0.717, 1.165) is 30.4 Å². The SMILES string of the molecule is Cn1cc(-c2cnc(N)c(C(=O)N[C@H]3CCC[C@@H]3OCc3cccc([N+](=O)[O-])c3)c2)cn1. The van der Waals surface area contributed by atoms with E-state index in [9.17, 15) is 14.9 Å². The molecule has 1 aromatic carbocycles. The second-order valence-electron chi connectivity index (χ2n) is 7.85. The molecular weight excluding hydrogens is 412 g/mol. The van der Waals surface area contributed by atoms with Crippen molar-refractivity contribution in [3.63, 3.8) is 0 Å². The number of hydrogen-bond donors (Lipinski definition) is 2. The van der Waals surface area contributed by atoms with Gasteiger partial charge in [-0.05, 0) is 30.9 Å². The molecule has 2 atom stereocenters. The van der Waals surface area contributed by atoms with Gasteiger partial charge in [0.05, 0.1) is 35.4 Å². The molecular formula is C22H24N6O4. The van der Waals surface area contributed by atoms with Gasteiger partial charge < -0.3 is 15.8 Å². The summed E-state index contributed by atoms with van der Waals surface area (Å²) in [6.07, 6.45) is 7.45. The minimum atomic E-state index is -0.430. The number of nitrogens with two attached hydrogens (primary N) is 1. The normalized spacial score (nSPS) is 17.9. The first-order valence-corrected chi connectivity index (χ1v) is 10.3. The van der Waals surface area contributed by atoms with Crippen LogP contribution in [0.5, 0.6) is 0 Å². The first-order chi connectivity index (χ1) is 15.4. The molecule has 4 rings (SSSR count). The van der Waals surface area contributed by atoms with Crippen molar-refractivity contribution in [2.24, 2.45) is 7.05 Å². The van der Waals surface area contributed by atoms with Crippen LogP contribution in [0, 0.1) is 10.1 Å². The first-order valence-electron chi connectivity index (χ1n) is 10.3. The van der Waals surface area contributed by atoms with Gasteiger partial charge in [-0.2, -0.15) is 5.10 Å². The van der Waals surface area contributed by atoms with E-state index >= 15 is 0 Å². The van der Waals surface area contributed by atoms with Crippen molar-refractivity contribution in [1.82, 2.24) is 20.1 Å². The minimum Gasteiger partial charge on any atom is -0.383 e. The number of carbonyl (C=O) groups is 1. The van der Waals surface area contributed by atoms with E-state index in [4.69, 9.17) is 10.5 Å². The topological polar surface area (TPSA) is 138 Å². The minimum absolute atomic E-state index is 0.0267. The third-order valence-electron chi connectivity index (χ3n) is 5.56. The molecule has 32 heavy (non-hydrogen) atoms. The molecule has 1 fully saturated rings. The fourth-order valence-electron chi connectivity index (χ4n) is 3.89. The van der Waals surface area contributed by atoms with Crippen molar-refractivity contribution in [3.05, 3.63) is 70.2 Å². The van der Waals surface area contributed by atoms with Gasteiger partial charge in [0.2, 0.25) is 0 Å². The second-order valence-corrected chi connectivity index (χ2v) is 7.85. The number of benzene rings is 1. The lowest BCUT2D eigenvalue weighted by Crippen LogP contribution is -2.41. The molecule has 2 heterocycles. The number of nitrogens with one attached hydrogen (secondary N) is 1. The van der Waals surface area contributed by atoms with Gasteiger partial charge in [0.25, 0.3) is 11.6 Å². The van der Waals surface area contributed by atoms with Crippen LogP contribution < -0.4 is 11.1 Å². The molecule has 1 aliphatic rings. The number of aryl methyl sites for hydroxylation is 1. The van der Waals surface area contributed by atoms with Gasteiger partial charge in [-0.15, -0.1) is 0 Å². The molecule has 1 amide bonds. The van der Waals surface area contributed by atoms with Crippen molar-refractivity contribution in [2.75, 3.05) is 5.73 Å². The molecule has 0 aliphatic heterocycles. The highest BCUT2D eigenvalue weighted by Crippen LogP contribution is 2.26. The highest BCUT2D eigenvalue weighted by Gasteiger charge is 2.30. The first kappa shape index (κ1) is 21.4. The zero-order chi connectivity index (χ0) is 22.7. The fraction of sp³-hybridized carbons (Fsp3) is 0.318. The average Bonchev–Trinajstić information content (AvgIpc) is 3.41. The quantitative estimate of drug-likeness (QED) is 0.429. The van der Waals surface area contributed by atoms with E-state index in [1.807, 2.05) is 13.2 Å². The third kappa shape index (κ3) is 4.75. The van der Waals surface area contributed by atoms with Crippen LogP contribution in [0.1, 0.15) is 35.2 Å². The van der Waals surface area contributed by atoms with Crippen LogP contribution in [0.4, 0.5) is 11.5 Å². The van der Waals surface area contributed by atoms with E-state index < -0.39 is 4.92 Å². The summed E-state index contributed by atoms with van der Waals surface area (Å²) in [5.41, 5.74) is 8.61. The summed E-state index contributed by atoms with van der Waals surface area (Å²) in [4.78, 5) is 27.7. The smallest absolute Gasteiger partial charge is 0.269 e. The lowest BCUT2D eigenvalue weighted by Gasteiger charge is -2.22. The summed E-state index contributed by atoms with van der Waals surface area (Å²) in [6.45, 7) is 0.235. The maximum absolute atomic E-state index is 13.0. The highest BCUT2D eigenvalue weighted by atomic mass is 16.6. The zero-order valence-electron chi connectivity index (χ0n) is 17.6. The maximum Gasteiger partial charge on any atom is 0.269 e. The van der Waals surface area contributed by atoms with E-state index in [1.54, 1.807) is 35.3 Å². The zero-order valence-corrected chi connectivity index (χ0v) is 17.6. The Morgan fingerprint density at radius 1 is 1.31 bits per heavy atom. The Hall–Kier alpha value is -3.79. The number of ether oxygens (including phenoxy) is 1. The Kier molecular flexibility index (Phi) is 6.13. The molecule has 10 nitrogen and oxygen atoms in total. The molecule has 0 spiro atoms. The van der Waals surface area contributed by atoms with Gasteiger partial charge in [0, 0.05) is 42.7 Å². The monoisotopic (exact) mass is 436 g/mol. The number of nitrogen functional groups attached to an aromatic ring is 1. The number of hydrogen-bond acceptors (Lipinski definition) is 7. The summed E-state index contributed by atoms with van der Waals surface area (Å²) in [6, 6.07) is 7.89. The summed E-state index contributed by atoms with van der Waals surface area (Å²) in [7, 11) is 1.82. The molecule has 1 saturated carbocycles. The van der Waals surface area contributed by atoms with Crippen molar-refractivity contribution in [3.8, 4) is 11.1 Å². The Bertz CT molecular complexity index is 1140. The van der Waals surface area contributed by atoms with Crippen LogP contribution in [0.25, 0.3) is 11.1 Å². The molecule has 0 unspecified atom stereocenters. The summed E-state index contributed by atoms with van der Waals surface area (Å²) >= 11 is 0. The molecule has 2 aromatic heterocycles. The van der Waals surface area contributed by atoms with Crippen LogP contribution in [0.3, 0.4) is 0 Å². The lowest BCUT2D eigenvalue weighted by atomic mass is 10.1. The van der Waals surface area contributed by atoms with Crippen molar-refractivity contribution < 1.29 is 14.5 Å². The predicted octanol–water partition coefficient (Wildman–Crippen LogP) is 2.84. The summed E-state index contributed by atoms with van der Waals surface area (Å²) in [5.74, 6) is -0.154. The van der Waals surface area contributed by atoms with Gasteiger partial charge in [-0.1, -0.05) is 12.1 Å². The molecule has 3 N–H and O–H groups in total. The maximum atomic E-state index is 13.0. The second kappa shape index (κ2) is 9.15. The molecule has 10 heteroatoms. The van der Waals surface area contributed by atoms with Crippen LogP contribution in [0.15, 0.2) is 48.9 Å². The fourth-order valence-corrected chi connectivity index (χ4v) is 3.89. The van der Waals surface area contributed by atoms with E-state index in [2.05, 4.69) is 15.4 Å². The summed E-state index contributed by atoms with van der Waals surface area (Å²) in [5, 5.41) is 18.1. The number of nitro groups is 1. The number of nitrogens with zero attached hydrogens (tertiary/aromatic N) is 4. The van der Waals surface area contributed by atoms with Gasteiger partial charge in [0.1, 0.15) is 5.82 Å². The number of nitro benzene ring substituents is 1. The number of rotatable bonds is 7. The Morgan fingerprint density at radius 2 is 2.16 bits per heavy atom. The van der Waals surface area contributed by atoms with Gasteiger partial charge in [-0.3, -0.25) is 19.6 Å². The van der Waals surface area contributed by atoms with Crippen molar-refractivity contribution in [2.45, 2.75) is 38.0 Å². The number of anilines is 1. The van der Waals surface area contributed by atoms with Crippen LogP contribution in [-0.4, -0.2) is 37.7 Å². The van der Waals surface area contributed by atoms with Crippen LogP contribution >= 0.6 is 0 Å². The van der Waals surface area contributed by atoms with Crippen molar-refractivity contribution >= 4 is 17.4 Å². The molecule has 3 aromatic rings. The molecule has 0 bridgehead atoms. The van der Waals surface area contributed by atoms with Crippen LogP contribution in [-0.2, 0) is 18.4 Å². The summed E-state index contributed by atoms with van der Waals surface area (Å²) < 4.78 is 7.68. The number of amides is 1. The molecule has 1 aliphatic carbocycles. The van der Waals surface area contributed by atoms with Gasteiger partial charge >= 0.3 is 0 Å². The Balaban J connectivity index is 1.42. The number of carbonyl (C=O) groups excluding carboxylic acids is 1. The van der Waals surface area contributed by atoms with E-state index in [1.165, 1.54) is 12.1 Å². The van der Waals surface area contributed by atoms with E-state index in [-0.39, 0.29) is 36.2 Å². The number of pyridine rings is 1. The van der Waals surface area contributed by atoms with Gasteiger partial charge in [0.15, 0.2) is 0 Å². The Morgan fingerprint density at radius 3 is 2.91 bits per heavy atom. The number of non-ortho nitro benzene ring substituents is 1. The average molecular weight is 436 g/mol. The Labute approximate surface area is 184 Å². The number of aromatic nitrogens is 3. The third-order valence-corrected chi connectivity index (χ3v) is 5.56. The van der Waals surface area contributed by atoms with Crippen molar-refractivity contribution in [1.29, 1.82) is 0 Å². The molecule has 0 radical (unpaired) electrons. The standard InChI is InChI=1S/C22H24N6O4/c1-27-12-16(11-25-27)15-9-18(21(23)24-10-15)22(29)26-19-6-3-7-20(19)32-13-14-4-2-5-17(8-14)28(30)31/h2,4-5,8-12,19-20H,3,6-7,13H2,1H3,(H2,23,24)(H,26,29)/t19-,20-/m0/s1. The predicted molar refractivity (Wildman–Crippen MR) is 118 cm³/mol. The van der Waals surface area contributed by atoms with Crippen LogP contribution in [0.2, 0.25) is 0 Å². The largest absolute Gasteiger partial charge is 0.383 e. The molecule has 166 valence electrons. The lowest BCUT2D eigenvalue weighted by molar-refractivity contribution is -0.385. The van der Waals surface area contributed by atoms with Gasteiger partial charge in [-0.25, -0.2) is 4.98 Å².